The van der Waals surface area contributed by atoms with Gasteiger partial charge in [0.2, 0.25) is 0 Å². The maximum absolute atomic E-state index is 12.2. The van der Waals surface area contributed by atoms with Gasteiger partial charge in [-0.1, -0.05) is 47.5 Å². The highest BCUT2D eigenvalue weighted by molar-refractivity contribution is 5.98. The van der Waals surface area contributed by atoms with Crippen molar-refractivity contribution in [3.63, 3.8) is 0 Å². The Morgan fingerprint density at radius 2 is 1.75 bits per heavy atom. The summed E-state index contributed by atoms with van der Waals surface area (Å²) in [5.41, 5.74) is 4.58. The van der Waals surface area contributed by atoms with Crippen molar-refractivity contribution in [1.29, 1.82) is 5.26 Å². The van der Waals surface area contributed by atoms with Crippen LogP contribution in [-0.2, 0) is 6.42 Å². The van der Waals surface area contributed by atoms with Crippen molar-refractivity contribution in [3.05, 3.63) is 70.3 Å². The van der Waals surface area contributed by atoms with Gasteiger partial charge in [0, 0.05) is 12.0 Å². The van der Waals surface area contributed by atoms with Crippen LogP contribution in [0.15, 0.2) is 42.5 Å². The minimum Gasteiger partial charge on any atom is -0.294 e. The summed E-state index contributed by atoms with van der Waals surface area (Å²) in [4.78, 5) is 12.2. The van der Waals surface area contributed by atoms with Gasteiger partial charge in [-0.2, -0.15) is 5.26 Å². The lowest BCUT2D eigenvalue weighted by Gasteiger charge is -2.06. The lowest BCUT2D eigenvalue weighted by molar-refractivity contribution is 0.0982. The average molecular weight is 263 g/mol. The van der Waals surface area contributed by atoms with Crippen LogP contribution in [-0.4, -0.2) is 5.78 Å². The van der Waals surface area contributed by atoms with Gasteiger partial charge in [0.15, 0.2) is 5.78 Å². The van der Waals surface area contributed by atoms with Crippen LogP contribution in [0.3, 0.4) is 0 Å². The quantitative estimate of drug-likeness (QED) is 0.782. The van der Waals surface area contributed by atoms with Crippen molar-refractivity contribution in [2.24, 2.45) is 0 Å². The Labute approximate surface area is 119 Å². The number of Topliss-reactive ketones (excluding diaryl/α,β-unsaturated/α-hetero) is 1. The van der Waals surface area contributed by atoms with Gasteiger partial charge < -0.3 is 0 Å². The molecule has 0 spiro atoms. The third-order valence-corrected chi connectivity index (χ3v) is 3.27. The predicted molar refractivity (Wildman–Crippen MR) is 79.7 cm³/mol. The SMILES string of the molecule is Cc1cc(C)cc(CCC(=O)c2ccccc2C#N)c1. The molecule has 0 radical (unpaired) electrons. The molecule has 0 heterocycles. The number of carbonyl (C=O) groups excluding carboxylic acids is 1. The fraction of sp³-hybridized carbons (Fsp3) is 0.222. The summed E-state index contributed by atoms with van der Waals surface area (Å²) in [7, 11) is 0. The molecule has 2 aromatic carbocycles. The maximum Gasteiger partial charge on any atom is 0.164 e. The van der Waals surface area contributed by atoms with E-state index in [1.807, 2.05) is 0 Å². The predicted octanol–water partition coefficient (Wildman–Crippen LogP) is 3.99. The second-order valence-electron chi connectivity index (χ2n) is 5.08. The molecule has 0 aliphatic rings. The molecule has 0 amide bonds. The van der Waals surface area contributed by atoms with Crippen LogP contribution in [0.25, 0.3) is 0 Å². The summed E-state index contributed by atoms with van der Waals surface area (Å²) in [6.07, 6.45) is 1.14. The molecule has 0 bridgehead atoms. The van der Waals surface area contributed by atoms with Crippen LogP contribution in [0, 0.1) is 25.2 Å². The standard InChI is InChI=1S/C18H17NO/c1-13-9-14(2)11-15(10-13)7-8-18(20)17-6-4-3-5-16(17)12-19/h3-6,9-11H,7-8H2,1-2H3. The first-order valence-electron chi connectivity index (χ1n) is 6.69. The van der Waals surface area contributed by atoms with Gasteiger partial charge in [0.1, 0.15) is 0 Å². The van der Waals surface area contributed by atoms with Crippen molar-refractivity contribution < 1.29 is 4.79 Å². The molecule has 0 saturated heterocycles. The number of carbonyl (C=O) groups is 1. The molecule has 20 heavy (non-hydrogen) atoms. The van der Waals surface area contributed by atoms with E-state index in [9.17, 15) is 4.79 Å². The molecule has 2 rings (SSSR count). The van der Waals surface area contributed by atoms with Crippen LogP contribution in [0.1, 0.15) is 39.0 Å². The van der Waals surface area contributed by atoms with E-state index in [-0.39, 0.29) is 5.78 Å². The molecule has 100 valence electrons. The number of benzene rings is 2. The van der Waals surface area contributed by atoms with Crippen LogP contribution < -0.4 is 0 Å². The van der Waals surface area contributed by atoms with E-state index < -0.39 is 0 Å². The summed E-state index contributed by atoms with van der Waals surface area (Å²) in [5.74, 6) is 0.0290. The first-order chi connectivity index (χ1) is 9.60. The van der Waals surface area contributed by atoms with E-state index in [1.165, 1.54) is 16.7 Å². The second-order valence-corrected chi connectivity index (χ2v) is 5.08. The van der Waals surface area contributed by atoms with Gasteiger partial charge in [0.05, 0.1) is 11.6 Å². The second kappa shape index (κ2) is 6.16. The monoisotopic (exact) mass is 263 g/mol. The highest BCUT2D eigenvalue weighted by Crippen LogP contribution is 2.14. The van der Waals surface area contributed by atoms with Crippen molar-refractivity contribution in [2.75, 3.05) is 0 Å². The number of aryl methyl sites for hydroxylation is 3. The molecule has 0 aliphatic heterocycles. The first-order valence-corrected chi connectivity index (χ1v) is 6.69. The number of nitriles is 1. The topological polar surface area (TPSA) is 40.9 Å². The van der Waals surface area contributed by atoms with E-state index in [0.717, 1.165) is 0 Å². The molecule has 0 fully saturated rings. The minimum atomic E-state index is 0.0290. The Bertz CT molecular complexity index is 660. The normalized spacial score (nSPS) is 10.1. The molecule has 0 aromatic heterocycles. The molecule has 2 nitrogen and oxygen atoms in total. The van der Waals surface area contributed by atoms with Crippen LogP contribution >= 0.6 is 0 Å². The molecule has 0 unspecified atom stereocenters. The maximum atomic E-state index is 12.2. The number of ketones is 1. The largest absolute Gasteiger partial charge is 0.294 e. The summed E-state index contributed by atoms with van der Waals surface area (Å²) < 4.78 is 0. The van der Waals surface area contributed by atoms with Gasteiger partial charge in [-0.3, -0.25) is 4.79 Å². The third kappa shape index (κ3) is 3.33. The van der Waals surface area contributed by atoms with E-state index in [4.69, 9.17) is 5.26 Å². The Balaban J connectivity index is 2.11. The van der Waals surface area contributed by atoms with Crippen LogP contribution in [0.4, 0.5) is 0 Å². The molecule has 0 N–H and O–H groups in total. The molecule has 0 atom stereocenters. The number of hydrogen-bond acceptors (Lipinski definition) is 2. The molecule has 2 aromatic rings. The number of hydrogen-bond donors (Lipinski definition) is 0. The molecule has 2 heteroatoms. The summed E-state index contributed by atoms with van der Waals surface area (Å²) >= 11 is 0. The fourth-order valence-corrected chi connectivity index (χ4v) is 2.43. The summed E-state index contributed by atoms with van der Waals surface area (Å²) in [6, 6.07) is 15.4. The Hall–Kier alpha value is -2.40. The Kier molecular flexibility index (Phi) is 4.32. The van der Waals surface area contributed by atoms with E-state index in [1.54, 1.807) is 24.3 Å². The molecule has 0 aliphatic carbocycles. The lowest BCUT2D eigenvalue weighted by Crippen LogP contribution is -2.04. The highest BCUT2D eigenvalue weighted by atomic mass is 16.1. The lowest BCUT2D eigenvalue weighted by atomic mass is 9.97. The van der Waals surface area contributed by atoms with Crippen molar-refractivity contribution in [1.82, 2.24) is 0 Å². The van der Waals surface area contributed by atoms with Crippen molar-refractivity contribution in [2.45, 2.75) is 26.7 Å². The zero-order valence-corrected chi connectivity index (χ0v) is 11.8. The molecular weight excluding hydrogens is 246 g/mol. The summed E-state index contributed by atoms with van der Waals surface area (Å²) in [5, 5.41) is 9.02. The smallest absolute Gasteiger partial charge is 0.164 e. The van der Waals surface area contributed by atoms with Gasteiger partial charge in [0.25, 0.3) is 0 Å². The van der Waals surface area contributed by atoms with Gasteiger partial charge >= 0.3 is 0 Å². The average Bonchev–Trinajstić information content (AvgIpc) is 2.43. The highest BCUT2D eigenvalue weighted by Gasteiger charge is 2.10. The Morgan fingerprint density at radius 3 is 2.40 bits per heavy atom. The van der Waals surface area contributed by atoms with E-state index >= 15 is 0 Å². The van der Waals surface area contributed by atoms with Gasteiger partial charge in [-0.25, -0.2) is 0 Å². The minimum absolute atomic E-state index is 0.0290. The van der Waals surface area contributed by atoms with Crippen LogP contribution in [0.5, 0.6) is 0 Å². The Morgan fingerprint density at radius 1 is 1.10 bits per heavy atom. The van der Waals surface area contributed by atoms with Gasteiger partial charge in [-0.15, -0.1) is 0 Å². The van der Waals surface area contributed by atoms with Crippen molar-refractivity contribution >= 4 is 5.78 Å². The zero-order chi connectivity index (χ0) is 14.5. The summed E-state index contributed by atoms with van der Waals surface area (Å²) in [6.45, 7) is 4.12. The van der Waals surface area contributed by atoms with Crippen molar-refractivity contribution in [3.8, 4) is 6.07 Å². The fourth-order valence-electron chi connectivity index (χ4n) is 2.43. The van der Waals surface area contributed by atoms with E-state index in [0.29, 0.717) is 24.0 Å². The van der Waals surface area contributed by atoms with Gasteiger partial charge in [-0.05, 0) is 31.9 Å². The van der Waals surface area contributed by atoms with Crippen LogP contribution in [0.2, 0.25) is 0 Å². The number of rotatable bonds is 4. The molecule has 0 saturated carbocycles. The first kappa shape index (κ1) is 14.0. The van der Waals surface area contributed by atoms with E-state index in [2.05, 4.69) is 38.1 Å². The zero-order valence-electron chi connectivity index (χ0n) is 11.8. The number of nitrogens with zero attached hydrogens (tertiary/aromatic N) is 1. The third-order valence-electron chi connectivity index (χ3n) is 3.27. The molecular formula is C18H17NO.